The number of anilines is 1. The van der Waals surface area contributed by atoms with E-state index in [1.807, 2.05) is 13.0 Å². The molecule has 0 saturated heterocycles. The number of hydrogen-bond acceptors (Lipinski definition) is 7. The van der Waals surface area contributed by atoms with Crippen LogP contribution in [0.2, 0.25) is 0 Å². The van der Waals surface area contributed by atoms with Crippen molar-refractivity contribution in [2.45, 2.75) is 19.9 Å². The summed E-state index contributed by atoms with van der Waals surface area (Å²) in [6.45, 7) is 3.39. The van der Waals surface area contributed by atoms with Crippen molar-refractivity contribution in [3.8, 4) is 10.8 Å². The number of hydrogen-bond donors (Lipinski definition) is 2. The number of carbonyl (C=O) groups excluding carboxylic acids is 1. The molecule has 0 atom stereocenters. The molecule has 0 fully saturated rings. The van der Waals surface area contributed by atoms with E-state index >= 15 is 0 Å². The van der Waals surface area contributed by atoms with Gasteiger partial charge < -0.3 is 14.7 Å². The van der Waals surface area contributed by atoms with Gasteiger partial charge in [-0.15, -0.1) is 10.2 Å². The van der Waals surface area contributed by atoms with Crippen LogP contribution < -0.4 is 11.1 Å². The summed E-state index contributed by atoms with van der Waals surface area (Å²) in [5, 5.41) is 11.8. The molecule has 3 heterocycles. The molecule has 8 nitrogen and oxygen atoms in total. The number of benzene rings is 1. The van der Waals surface area contributed by atoms with Crippen LogP contribution in [0.5, 0.6) is 0 Å². The van der Waals surface area contributed by atoms with Crippen LogP contribution in [0.1, 0.15) is 22.6 Å². The number of aryl methyl sites for hydroxylation is 2. The average Bonchev–Trinajstić information content (AvgIpc) is 3.39. The van der Waals surface area contributed by atoms with Crippen molar-refractivity contribution in [2.75, 3.05) is 11.9 Å². The third kappa shape index (κ3) is 3.46. The van der Waals surface area contributed by atoms with E-state index in [0.717, 1.165) is 29.8 Å². The number of nitrogens with two attached hydrogens (primary N) is 1. The Hall–Kier alpha value is -3.04. The lowest BCUT2D eigenvalue weighted by Gasteiger charge is -2.06. The Labute approximate surface area is 159 Å². The van der Waals surface area contributed by atoms with E-state index in [4.69, 9.17) is 10.2 Å². The number of nitrogens with zero attached hydrogens (tertiary/aromatic N) is 4. The van der Waals surface area contributed by atoms with Gasteiger partial charge in [-0.2, -0.15) is 0 Å². The molecule has 1 aromatic carbocycles. The lowest BCUT2D eigenvalue weighted by atomic mass is 10.2. The highest BCUT2D eigenvalue weighted by molar-refractivity contribution is 7.18. The third-order valence-electron chi connectivity index (χ3n) is 4.16. The number of nitrogens with one attached hydrogen (secondary N) is 1. The molecule has 0 radical (unpaired) electrons. The van der Waals surface area contributed by atoms with Crippen LogP contribution in [0.4, 0.5) is 5.13 Å². The third-order valence-corrected chi connectivity index (χ3v) is 5.02. The molecule has 0 unspecified atom stereocenters. The minimum atomic E-state index is -0.256. The average molecular weight is 382 g/mol. The molecule has 0 bridgehead atoms. The Morgan fingerprint density at radius 2 is 2.22 bits per heavy atom. The monoisotopic (exact) mass is 382 g/mol. The lowest BCUT2D eigenvalue weighted by Crippen LogP contribution is -2.11. The second-order valence-corrected chi connectivity index (χ2v) is 6.98. The Balaban J connectivity index is 1.54. The van der Waals surface area contributed by atoms with Gasteiger partial charge in [-0.25, -0.2) is 4.98 Å². The van der Waals surface area contributed by atoms with E-state index in [-0.39, 0.29) is 5.91 Å². The Morgan fingerprint density at radius 3 is 3.00 bits per heavy atom. The van der Waals surface area contributed by atoms with Crippen LogP contribution in [-0.2, 0) is 6.54 Å². The highest BCUT2D eigenvalue weighted by Gasteiger charge is 2.15. The van der Waals surface area contributed by atoms with Crippen molar-refractivity contribution in [1.29, 1.82) is 0 Å². The van der Waals surface area contributed by atoms with Crippen molar-refractivity contribution < 1.29 is 9.21 Å². The minimum Gasteiger partial charge on any atom is -0.462 e. The summed E-state index contributed by atoms with van der Waals surface area (Å²) in [6, 6.07) is 9.05. The van der Waals surface area contributed by atoms with Gasteiger partial charge in [-0.1, -0.05) is 11.3 Å². The molecule has 1 amide bonds. The summed E-state index contributed by atoms with van der Waals surface area (Å²) in [5.41, 5.74) is 7.90. The molecule has 3 N–H and O–H groups in total. The first-order chi connectivity index (χ1) is 13.2. The molecular weight excluding hydrogens is 364 g/mol. The number of fused-ring (bicyclic) bond motifs is 1. The zero-order valence-corrected chi connectivity index (χ0v) is 15.5. The molecule has 4 rings (SSSR count). The van der Waals surface area contributed by atoms with Gasteiger partial charge in [0.2, 0.25) is 5.13 Å². The standard InChI is InChI=1S/C18H18N6O2S/c1-11-20-13-10-12(5-6-14(13)24(11)8-3-7-19)16(25)21-18-23-22-17(27-18)15-4-2-9-26-15/h2,4-6,9-10H,3,7-8,19H2,1H3,(H,21,23,25). The van der Waals surface area contributed by atoms with E-state index in [2.05, 4.69) is 25.1 Å². The molecule has 9 heteroatoms. The van der Waals surface area contributed by atoms with Gasteiger partial charge >= 0.3 is 0 Å². The topological polar surface area (TPSA) is 112 Å². The smallest absolute Gasteiger partial charge is 0.257 e. The van der Waals surface area contributed by atoms with Crippen LogP contribution in [0.25, 0.3) is 21.8 Å². The molecule has 0 aliphatic rings. The van der Waals surface area contributed by atoms with Crippen molar-refractivity contribution >= 4 is 33.4 Å². The van der Waals surface area contributed by atoms with Gasteiger partial charge in [-0.3, -0.25) is 10.1 Å². The molecule has 0 spiro atoms. The molecule has 4 aromatic rings. The summed E-state index contributed by atoms with van der Waals surface area (Å²) < 4.78 is 7.40. The zero-order valence-electron chi connectivity index (χ0n) is 14.7. The number of aromatic nitrogens is 4. The molecule has 3 aromatic heterocycles. The molecule has 138 valence electrons. The zero-order chi connectivity index (χ0) is 18.8. The fourth-order valence-corrected chi connectivity index (χ4v) is 3.57. The Bertz CT molecular complexity index is 1080. The molecular formula is C18H18N6O2S. The summed E-state index contributed by atoms with van der Waals surface area (Å²) in [6.07, 6.45) is 2.45. The number of imidazole rings is 1. The Morgan fingerprint density at radius 1 is 1.33 bits per heavy atom. The number of rotatable bonds is 6. The molecule has 27 heavy (non-hydrogen) atoms. The first-order valence-corrected chi connectivity index (χ1v) is 9.33. The van der Waals surface area contributed by atoms with Crippen LogP contribution in [0.3, 0.4) is 0 Å². The van der Waals surface area contributed by atoms with Crippen LogP contribution in [-0.4, -0.2) is 32.2 Å². The summed E-state index contributed by atoms with van der Waals surface area (Å²) in [7, 11) is 0. The van der Waals surface area contributed by atoms with Crippen LogP contribution >= 0.6 is 11.3 Å². The van der Waals surface area contributed by atoms with Crippen molar-refractivity contribution in [2.24, 2.45) is 5.73 Å². The SMILES string of the molecule is Cc1nc2cc(C(=O)Nc3nnc(-c4ccco4)s3)ccc2n1CCCN. The second-order valence-electron chi connectivity index (χ2n) is 6.00. The summed E-state index contributed by atoms with van der Waals surface area (Å²) in [4.78, 5) is 17.1. The number of amides is 1. The fraction of sp³-hybridized carbons (Fsp3) is 0.222. The first kappa shape index (κ1) is 17.4. The lowest BCUT2D eigenvalue weighted by molar-refractivity contribution is 0.102. The molecule has 0 aliphatic carbocycles. The Kier molecular flexibility index (Phi) is 4.69. The number of carbonyl (C=O) groups is 1. The largest absolute Gasteiger partial charge is 0.462 e. The van der Waals surface area contributed by atoms with Gasteiger partial charge in [0.15, 0.2) is 10.8 Å². The predicted octanol–water partition coefficient (Wildman–Crippen LogP) is 3.06. The van der Waals surface area contributed by atoms with E-state index < -0.39 is 0 Å². The number of furan rings is 1. The fourth-order valence-electron chi connectivity index (χ4n) is 2.87. The second kappa shape index (κ2) is 7.29. The molecule has 0 aliphatic heterocycles. The van der Waals surface area contributed by atoms with Crippen LogP contribution in [0, 0.1) is 6.92 Å². The minimum absolute atomic E-state index is 0.256. The maximum Gasteiger partial charge on any atom is 0.257 e. The van der Waals surface area contributed by atoms with Gasteiger partial charge in [0.25, 0.3) is 5.91 Å². The van der Waals surface area contributed by atoms with E-state index in [1.165, 1.54) is 11.3 Å². The van der Waals surface area contributed by atoms with Gasteiger partial charge in [-0.05, 0) is 50.2 Å². The highest BCUT2D eigenvalue weighted by atomic mass is 32.1. The normalized spacial score (nSPS) is 11.2. The summed E-state index contributed by atoms with van der Waals surface area (Å²) >= 11 is 1.25. The van der Waals surface area contributed by atoms with E-state index in [1.54, 1.807) is 30.5 Å². The maximum atomic E-state index is 12.6. The van der Waals surface area contributed by atoms with E-state index in [9.17, 15) is 4.79 Å². The van der Waals surface area contributed by atoms with Crippen molar-refractivity contribution in [1.82, 2.24) is 19.7 Å². The van der Waals surface area contributed by atoms with Gasteiger partial charge in [0.1, 0.15) is 5.82 Å². The summed E-state index contributed by atoms with van der Waals surface area (Å²) in [5.74, 6) is 1.27. The molecule has 0 saturated carbocycles. The predicted molar refractivity (Wildman–Crippen MR) is 104 cm³/mol. The quantitative estimate of drug-likeness (QED) is 0.530. The van der Waals surface area contributed by atoms with Crippen molar-refractivity contribution in [3.63, 3.8) is 0 Å². The van der Waals surface area contributed by atoms with E-state index in [0.29, 0.717) is 28.0 Å². The van der Waals surface area contributed by atoms with Crippen LogP contribution in [0.15, 0.2) is 41.0 Å². The van der Waals surface area contributed by atoms with Gasteiger partial charge in [0.05, 0.1) is 17.3 Å². The van der Waals surface area contributed by atoms with Crippen molar-refractivity contribution in [3.05, 3.63) is 48.0 Å². The maximum absolute atomic E-state index is 12.6. The first-order valence-electron chi connectivity index (χ1n) is 8.51. The van der Waals surface area contributed by atoms with Gasteiger partial charge in [0, 0.05) is 12.1 Å². The highest BCUT2D eigenvalue weighted by Crippen LogP contribution is 2.27.